The van der Waals surface area contributed by atoms with Gasteiger partial charge in [0.2, 0.25) is 0 Å². The van der Waals surface area contributed by atoms with E-state index in [0.717, 1.165) is 35.4 Å². The summed E-state index contributed by atoms with van der Waals surface area (Å²) < 4.78 is 6.22. The SMILES string of the molecule is CC(C)(C)[C@H]1CC[C@H](Oc2ccc3nc([C@@](C)(N)CO)ncc3c2)CC1. The third-order valence-corrected chi connectivity index (χ3v) is 5.59. The Hall–Kier alpha value is -1.72. The van der Waals surface area contributed by atoms with Crippen molar-refractivity contribution in [3.05, 3.63) is 30.2 Å². The van der Waals surface area contributed by atoms with Crippen LogP contribution in [0.4, 0.5) is 0 Å². The summed E-state index contributed by atoms with van der Waals surface area (Å²) in [5.74, 6) is 2.09. The maximum atomic E-state index is 9.39. The summed E-state index contributed by atoms with van der Waals surface area (Å²) in [5, 5.41) is 10.3. The highest BCUT2D eigenvalue weighted by Crippen LogP contribution is 2.38. The molecular formula is C21H31N3O2. The number of hydrogen-bond donors (Lipinski definition) is 2. The van der Waals surface area contributed by atoms with Crippen molar-refractivity contribution < 1.29 is 9.84 Å². The number of aliphatic hydroxyl groups excluding tert-OH is 1. The third kappa shape index (κ3) is 4.15. The summed E-state index contributed by atoms with van der Waals surface area (Å²) in [4.78, 5) is 8.81. The molecule has 26 heavy (non-hydrogen) atoms. The van der Waals surface area contributed by atoms with Crippen molar-refractivity contribution in [3.8, 4) is 5.75 Å². The second kappa shape index (κ2) is 7.12. The van der Waals surface area contributed by atoms with E-state index in [2.05, 4.69) is 30.7 Å². The minimum Gasteiger partial charge on any atom is -0.490 e. The van der Waals surface area contributed by atoms with Crippen LogP contribution in [-0.4, -0.2) is 27.8 Å². The van der Waals surface area contributed by atoms with Gasteiger partial charge in [-0.25, -0.2) is 9.97 Å². The van der Waals surface area contributed by atoms with Crippen LogP contribution < -0.4 is 10.5 Å². The number of nitrogens with two attached hydrogens (primary N) is 1. The summed E-state index contributed by atoms with van der Waals surface area (Å²) in [5.41, 5.74) is 6.28. The van der Waals surface area contributed by atoms with Crippen LogP contribution >= 0.6 is 0 Å². The molecule has 142 valence electrons. The summed E-state index contributed by atoms with van der Waals surface area (Å²) >= 11 is 0. The summed E-state index contributed by atoms with van der Waals surface area (Å²) in [7, 11) is 0. The number of hydrogen-bond acceptors (Lipinski definition) is 5. The molecule has 1 heterocycles. The van der Waals surface area contributed by atoms with E-state index in [4.69, 9.17) is 10.5 Å². The molecule has 0 unspecified atom stereocenters. The molecule has 2 aromatic rings. The minimum atomic E-state index is -0.935. The van der Waals surface area contributed by atoms with Gasteiger partial charge in [0.15, 0.2) is 5.82 Å². The lowest BCUT2D eigenvalue weighted by molar-refractivity contribution is 0.0883. The lowest BCUT2D eigenvalue weighted by Crippen LogP contribution is -2.38. The van der Waals surface area contributed by atoms with Gasteiger partial charge >= 0.3 is 0 Å². The van der Waals surface area contributed by atoms with E-state index in [0.29, 0.717) is 11.2 Å². The van der Waals surface area contributed by atoms with Crippen LogP contribution in [0.5, 0.6) is 5.75 Å². The fourth-order valence-corrected chi connectivity index (χ4v) is 3.67. The first-order valence-corrected chi connectivity index (χ1v) is 9.53. The maximum absolute atomic E-state index is 9.39. The first kappa shape index (κ1) is 19.1. The second-order valence-corrected chi connectivity index (χ2v) is 8.95. The van der Waals surface area contributed by atoms with Gasteiger partial charge in [-0.05, 0) is 62.1 Å². The molecule has 5 nitrogen and oxygen atoms in total. The molecule has 0 saturated heterocycles. The number of ether oxygens (including phenoxy) is 1. The molecule has 3 rings (SSSR count). The Morgan fingerprint density at radius 2 is 1.85 bits per heavy atom. The van der Waals surface area contributed by atoms with Crippen LogP contribution in [-0.2, 0) is 5.54 Å². The monoisotopic (exact) mass is 357 g/mol. The van der Waals surface area contributed by atoms with Gasteiger partial charge in [0.05, 0.1) is 23.8 Å². The summed E-state index contributed by atoms with van der Waals surface area (Å²) in [6.45, 7) is 8.52. The largest absolute Gasteiger partial charge is 0.490 e. The zero-order valence-electron chi connectivity index (χ0n) is 16.3. The van der Waals surface area contributed by atoms with Crippen LogP contribution in [0.2, 0.25) is 0 Å². The van der Waals surface area contributed by atoms with E-state index in [1.54, 1.807) is 13.1 Å². The molecule has 0 bridgehead atoms. The quantitative estimate of drug-likeness (QED) is 0.870. The van der Waals surface area contributed by atoms with Gasteiger partial charge in [0, 0.05) is 11.6 Å². The van der Waals surface area contributed by atoms with E-state index in [9.17, 15) is 5.11 Å². The van der Waals surface area contributed by atoms with Gasteiger partial charge in [-0.1, -0.05) is 20.8 Å². The number of benzene rings is 1. The van der Waals surface area contributed by atoms with E-state index < -0.39 is 5.54 Å². The fraction of sp³-hybridized carbons (Fsp3) is 0.619. The molecule has 1 atom stereocenters. The van der Waals surface area contributed by atoms with Crippen molar-refractivity contribution in [2.24, 2.45) is 17.1 Å². The Kier molecular flexibility index (Phi) is 5.22. The first-order valence-electron chi connectivity index (χ1n) is 9.53. The van der Waals surface area contributed by atoms with Crippen molar-refractivity contribution in [2.75, 3.05) is 6.61 Å². The maximum Gasteiger partial charge on any atom is 0.150 e. The smallest absolute Gasteiger partial charge is 0.150 e. The average molecular weight is 357 g/mol. The minimum absolute atomic E-state index is 0.197. The molecule has 1 aromatic carbocycles. The summed E-state index contributed by atoms with van der Waals surface area (Å²) in [6.07, 6.45) is 6.71. The molecule has 1 aliphatic carbocycles. The van der Waals surface area contributed by atoms with Crippen LogP contribution in [0.15, 0.2) is 24.4 Å². The molecule has 0 spiro atoms. The normalized spacial score (nSPS) is 23.6. The van der Waals surface area contributed by atoms with Gasteiger partial charge in [-0.3, -0.25) is 0 Å². The Balaban J connectivity index is 1.69. The highest BCUT2D eigenvalue weighted by Gasteiger charge is 2.30. The molecule has 1 saturated carbocycles. The van der Waals surface area contributed by atoms with Crippen molar-refractivity contribution in [2.45, 2.75) is 65.0 Å². The number of nitrogens with zero attached hydrogens (tertiary/aromatic N) is 2. The Labute approximate surface area is 156 Å². The van der Waals surface area contributed by atoms with Crippen LogP contribution in [0.3, 0.4) is 0 Å². The van der Waals surface area contributed by atoms with E-state index in [1.165, 1.54) is 12.8 Å². The van der Waals surface area contributed by atoms with Crippen molar-refractivity contribution in [1.82, 2.24) is 9.97 Å². The molecule has 1 aliphatic rings. The topological polar surface area (TPSA) is 81.3 Å². The molecular weight excluding hydrogens is 326 g/mol. The van der Waals surface area contributed by atoms with Gasteiger partial charge in [-0.2, -0.15) is 0 Å². The van der Waals surface area contributed by atoms with Gasteiger partial charge < -0.3 is 15.6 Å². The molecule has 0 amide bonds. The molecule has 0 aliphatic heterocycles. The highest BCUT2D eigenvalue weighted by atomic mass is 16.5. The number of aliphatic hydroxyl groups is 1. The lowest BCUT2D eigenvalue weighted by Gasteiger charge is -2.36. The molecule has 1 aromatic heterocycles. The standard InChI is InChI=1S/C21H31N3O2/c1-20(2,3)15-5-7-16(8-6-15)26-17-9-10-18-14(11-17)12-23-19(24-18)21(4,22)13-25/h9-12,15-16,25H,5-8,13,22H2,1-4H3/t15-,16-,21-/m0/s1. The number of aromatic nitrogens is 2. The zero-order valence-corrected chi connectivity index (χ0v) is 16.3. The van der Waals surface area contributed by atoms with Crippen molar-refractivity contribution in [3.63, 3.8) is 0 Å². The molecule has 0 radical (unpaired) electrons. The van der Waals surface area contributed by atoms with Gasteiger partial charge in [0.1, 0.15) is 5.75 Å². The van der Waals surface area contributed by atoms with E-state index in [-0.39, 0.29) is 12.7 Å². The van der Waals surface area contributed by atoms with Crippen LogP contribution in [0.25, 0.3) is 10.9 Å². The number of fused-ring (bicyclic) bond motifs is 1. The van der Waals surface area contributed by atoms with Gasteiger partial charge in [0.25, 0.3) is 0 Å². The predicted molar refractivity (Wildman–Crippen MR) is 104 cm³/mol. The third-order valence-electron chi connectivity index (χ3n) is 5.59. The van der Waals surface area contributed by atoms with E-state index in [1.807, 2.05) is 18.2 Å². The second-order valence-electron chi connectivity index (χ2n) is 8.95. The van der Waals surface area contributed by atoms with Gasteiger partial charge in [-0.15, -0.1) is 0 Å². The summed E-state index contributed by atoms with van der Waals surface area (Å²) in [6, 6.07) is 5.88. The fourth-order valence-electron chi connectivity index (χ4n) is 3.67. The van der Waals surface area contributed by atoms with Crippen molar-refractivity contribution in [1.29, 1.82) is 0 Å². The van der Waals surface area contributed by atoms with E-state index >= 15 is 0 Å². The first-order chi connectivity index (χ1) is 12.2. The van der Waals surface area contributed by atoms with Crippen LogP contribution in [0.1, 0.15) is 59.2 Å². The molecule has 3 N–H and O–H groups in total. The number of rotatable bonds is 4. The van der Waals surface area contributed by atoms with Crippen LogP contribution in [0, 0.1) is 11.3 Å². The Morgan fingerprint density at radius 3 is 2.46 bits per heavy atom. The molecule has 5 heteroatoms. The average Bonchev–Trinajstić information content (AvgIpc) is 2.61. The lowest BCUT2D eigenvalue weighted by atomic mass is 9.72. The Morgan fingerprint density at radius 1 is 1.15 bits per heavy atom. The molecule has 1 fully saturated rings. The zero-order chi connectivity index (χ0) is 18.9. The Bertz CT molecular complexity index is 759. The highest BCUT2D eigenvalue weighted by molar-refractivity contribution is 5.79. The van der Waals surface area contributed by atoms with Crippen molar-refractivity contribution >= 4 is 10.9 Å². The predicted octanol–water partition coefficient (Wildman–Crippen LogP) is 3.78.